The predicted molar refractivity (Wildman–Crippen MR) is 73.5 cm³/mol. The molecule has 17 heavy (non-hydrogen) atoms. The molecule has 0 aliphatic carbocycles. The van der Waals surface area contributed by atoms with Crippen molar-refractivity contribution in [1.29, 1.82) is 0 Å². The van der Waals surface area contributed by atoms with Gasteiger partial charge < -0.3 is 5.11 Å². The number of hydrogen-bond donors (Lipinski definition) is 1. The van der Waals surface area contributed by atoms with Gasteiger partial charge in [0.1, 0.15) is 0 Å². The molecule has 0 radical (unpaired) electrons. The van der Waals surface area contributed by atoms with Crippen LogP contribution < -0.4 is 0 Å². The second kappa shape index (κ2) is 7.04. The largest absolute Gasteiger partial charge is 0.395 e. The van der Waals surface area contributed by atoms with Crippen molar-refractivity contribution in [1.82, 2.24) is 4.90 Å². The molecule has 3 heteroatoms. The highest BCUT2D eigenvalue weighted by Gasteiger charge is 2.20. The van der Waals surface area contributed by atoms with E-state index in [9.17, 15) is 5.11 Å². The average molecular weight is 251 g/mol. The fourth-order valence-electron chi connectivity index (χ4n) is 2.36. The third-order valence-corrected chi connectivity index (χ3v) is 4.34. The summed E-state index contributed by atoms with van der Waals surface area (Å²) in [5, 5.41) is 9.33. The summed E-state index contributed by atoms with van der Waals surface area (Å²) in [6.07, 6.45) is 3.71. The summed E-state index contributed by atoms with van der Waals surface area (Å²) in [7, 11) is 0. The van der Waals surface area contributed by atoms with E-state index in [0.29, 0.717) is 12.6 Å². The number of nitrogens with zero attached hydrogens (tertiary/aromatic N) is 1. The van der Waals surface area contributed by atoms with Crippen molar-refractivity contribution < 1.29 is 5.11 Å². The minimum absolute atomic E-state index is 0.315. The van der Waals surface area contributed by atoms with E-state index in [0.717, 1.165) is 25.3 Å². The van der Waals surface area contributed by atoms with Gasteiger partial charge in [-0.15, -0.1) is 11.8 Å². The lowest BCUT2D eigenvalue weighted by atomic mass is 10.0. The minimum Gasteiger partial charge on any atom is -0.395 e. The Morgan fingerprint density at radius 3 is 2.82 bits per heavy atom. The van der Waals surface area contributed by atoms with E-state index >= 15 is 0 Å². The van der Waals surface area contributed by atoms with Gasteiger partial charge in [0.15, 0.2) is 0 Å². The van der Waals surface area contributed by atoms with Crippen molar-refractivity contribution in [2.45, 2.75) is 30.2 Å². The lowest BCUT2D eigenvalue weighted by Gasteiger charge is -2.34. The molecule has 0 saturated carbocycles. The van der Waals surface area contributed by atoms with Crippen LogP contribution in [0.3, 0.4) is 0 Å². The normalized spacial score (nSPS) is 21.6. The van der Waals surface area contributed by atoms with E-state index in [-0.39, 0.29) is 0 Å². The van der Waals surface area contributed by atoms with Crippen LogP contribution in [0.5, 0.6) is 0 Å². The van der Waals surface area contributed by atoms with Crippen LogP contribution in [-0.2, 0) is 0 Å². The van der Waals surface area contributed by atoms with Gasteiger partial charge in [-0.1, -0.05) is 24.6 Å². The smallest absolute Gasteiger partial charge is 0.0586 e. The van der Waals surface area contributed by atoms with Crippen LogP contribution in [0, 0.1) is 0 Å². The Kier molecular flexibility index (Phi) is 5.36. The summed E-state index contributed by atoms with van der Waals surface area (Å²) in [4.78, 5) is 3.78. The maximum Gasteiger partial charge on any atom is 0.0586 e. The molecule has 0 aromatic heterocycles. The van der Waals surface area contributed by atoms with Gasteiger partial charge in [0, 0.05) is 23.2 Å². The lowest BCUT2D eigenvalue weighted by molar-refractivity contribution is 0.0962. The van der Waals surface area contributed by atoms with Gasteiger partial charge in [-0.3, -0.25) is 4.90 Å². The number of likely N-dealkylation sites (tertiary alicyclic amines) is 1. The Bertz CT molecular complexity index is 317. The summed E-state index contributed by atoms with van der Waals surface area (Å²) in [5.74, 6) is 1.11. The standard InChI is InChI=1S/C14H21NOS/c16-12-13-6-4-5-9-15(13)10-11-17-14-7-2-1-3-8-14/h1-3,7-8,13,16H,4-6,9-12H2. The molecule has 1 unspecified atom stereocenters. The van der Waals surface area contributed by atoms with E-state index in [4.69, 9.17) is 0 Å². The molecule has 1 saturated heterocycles. The number of hydrogen-bond acceptors (Lipinski definition) is 3. The number of aliphatic hydroxyl groups excluding tert-OH is 1. The highest BCUT2D eigenvalue weighted by atomic mass is 32.2. The van der Waals surface area contributed by atoms with Gasteiger partial charge in [0.25, 0.3) is 0 Å². The van der Waals surface area contributed by atoms with E-state index in [1.165, 1.54) is 17.7 Å². The zero-order valence-corrected chi connectivity index (χ0v) is 11.0. The van der Waals surface area contributed by atoms with Crippen LogP contribution >= 0.6 is 11.8 Å². The van der Waals surface area contributed by atoms with Crippen LogP contribution in [0.1, 0.15) is 19.3 Å². The monoisotopic (exact) mass is 251 g/mol. The van der Waals surface area contributed by atoms with Crippen molar-refractivity contribution >= 4 is 11.8 Å². The molecule has 0 bridgehead atoms. The molecule has 2 rings (SSSR count). The first-order valence-corrected chi connectivity index (χ1v) is 7.41. The van der Waals surface area contributed by atoms with Gasteiger partial charge in [-0.2, -0.15) is 0 Å². The van der Waals surface area contributed by atoms with Crippen LogP contribution in [-0.4, -0.2) is 41.5 Å². The lowest BCUT2D eigenvalue weighted by Crippen LogP contribution is -2.42. The van der Waals surface area contributed by atoms with Crippen LogP contribution in [0.15, 0.2) is 35.2 Å². The predicted octanol–water partition coefficient (Wildman–Crippen LogP) is 2.63. The topological polar surface area (TPSA) is 23.5 Å². The van der Waals surface area contributed by atoms with E-state index in [1.54, 1.807) is 0 Å². The molecule has 0 spiro atoms. The molecule has 1 heterocycles. The molecule has 1 N–H and O–H groups in total. The van der Waals surface area contributed by atoms with E-state index in [2.05, 4.69) is 35.2 Å². The summed E-state index contributed by atoms with van der Waals surface area (Å²) in [6.45, 7) is 2.56. The zero-order chi connectivity index (χ0) is 11.9. The second-order valence-corrected chi connectivity index (χ2v) is 5.70. The molecule has 1 aromatic carbocycles. The van der Waals surface area contributed by atoms with Crippen molar-refractivity contribution in [3.63, 3.8) is 0 Å². The molecular weight excluding hydrogens is 230 g/mol. The quantitative estimate of drug-likeness (QED) is 0.814. The summed E-state index contributed by atoms with van der Waals surface area (Å²) < 4.78 is 0. The van der Waals surface area contributed by atoms with Crippen molar-refractivity contribution in [2.24, 2.45) is 0 Å². The summed E-state index contributed by atoms with van der Waals surface area (Å²) in [6, 6.07) is 10.9. The number of aliphatic hydroxyl groups is 1. The number of piperidine rings is 1. The first kappa shape index (κ1) is 12.9. The Balaban J connectivity index is 1.74. The van der Waals surface area contributed by atoms with E-state index in [1.807, 2.05) is 11.8 Å². The fourth-order valence-corrected chi connectivity index (χ4v) is 3.27. The first-order valence-electron chi connectivity index (χ1n) is 6.43. The Hall–Kier alpha value is -0.510. The zero-order valence-electron chi connectivity index (χ0n) is 10.2. The molecule has 1 aliphatic rings. The van der Waals surface area contributed by atoms with Gasteiger partial charge in [-0.25, -0.2) is 0 Å². The third kappa shape index (κ3) is 4.02. The number of benzene rings is 1. The molecule has 1 aromatic rings. The molecule has 0 amide bonds. The summed E-state index contributed by atoms with van der Waals surface area (Å²) >= 11 is 1.90. The van der Waals surface area contributed by atoms with Crippen LogP contribution in [0.25, 0.3) is 0 Å². The highest BCUT2D eigenvalue weighted by molar-refractivity contribution is 7.99. The second-order valence-electron chi connectivity index (χ2n) is 4.53. The number of thioether (sulfide) groups is 1. The Morgan fingerprint density at radius 1 is 1.24 bits per heavy atom. The van der Waals surface area contributed by atoms with Crippen LogP contribution in [0.2, 0.25) is 0 Å². The minimum atomic E-state index is 0.315. The Labute approximate surface area is 108 Å². The SMILES string of the molecule is OCC1CCCCN1CCSc1ccccc1. The van der Waals surface area contributed by atoms with Gasteiger partial charge in [0.2, 0.25) is 0 Å². The molecule has 1 fully saturated rings. The van der Waals surface area contributed by atoms with Gasteiger partial charge in [-0.05, 0) is 31.5 Å². The molecular formula is C14H21NOS. The fraction of sp³-hybridized carbons (Fsp3) is 0.571. The number of rotatable bonds is 5. The van der Waals surface area contributed by atoms with Crippen LogP contribution in [0.4, 0.5) is 0 Å². The van der Waals surface area contributed by atoms with Crippen molar-refractivity contribution in [3.05, 3.63) is 30.3 Å². The maximum absolute atomic E-state index is 9.33. The molecule has 1 atom stereocenters. The van der Waals surface area contributed by atoms with E-state index < -0.39 is 0 Å². The molecule has 2 nitrogen and oxygen atoms in total. The first-order chi connectivity index (χ1) is 8.40. The third-order valence-electron chi connectivity index (χ3n) is 3.35. The average Bonchev–Trinajstić information content (AvgIpc) is 2.40. The van der Waals surface area contributed by atoms with Crippen molar-refractivity contribution in [3.8, 4) is 0 Å². The molecule has 94 valence electrons. The van der Waals surface area contributed by atoms with Crippen molar-refractivity contribution in [2.75, 3.05) is 25.4 Å². The maximum atomic E-state index is 9.33. The van der Waals surface area contributed by atoms with Gasteiger partial charge in [0.05, 0.1) is 6.61 Å². The molecule has 1 aliphatic heterocycles. The Morgan fingerprint density at radius 2 is 2.06 bits per heavy atom. The summed E-state index contributed by atoms with van der Waals surface area (Å²) in [5.41, 5.74) is 0. The van der Waals surface area contributed by atoms with Gasteiger partial charge >= 0.3 is 0 Å². The highest BCUT2D eigenvalue weighted by Crippen LogP contribution is 2.20.